The summed E-state index contributed by atoms with van der Waals surface area (Å²) in [5.74, 6) is 0.332. The van der Waals surface area contributed by atoms with E-state index in [-0.39, 0.29) is 24.2 Å². The van der Waals surface area contributed by atoms with Gasteiger partial charge in [0.2, 0.25) is 5.91 Å². The van der Waals surface area contributed by atoms with E-state index in [2.05, 4.69) is 15.9 Å². The highest BCUT2D eigenvalue weighted by Gasteiger charge is 2.29. The van der Waals surface area contributed by atoms with Gasteiger partial charge in [0.1, 0.15) is 18.2 Å². The van der Waals surface area contributed by atoms with Gasteiger partial charge in [0, 0.05) is 23.1 Å². The molecular weight excluding hydrogens is 373 g/mol. The lowest BCUT2D eigenvalue weighted by molar-refractivity contribution is -0.137. The van der Waals surface area contributed by atoms with Crippen molar-refractivity contribution in [2.75, 3.05) is 13.2 Å². The maximum atomic E-state index is 14.0. The SMILES string of the molecule is CCN(Cc1cc(Br)ccc1F)C(=O)C1COc2ccccc2C1. The molecule has 2 aromatic rings. The normalized spacial score (nSPS) is 16.2. The Hall–Kier alpha value is -1.88. The van der Waals surface area contributed by atoms with E-state index >= 15 is 0 Å². The van der Waals surface area contributed by atoms with E-state index in [1.165, 1.54) is 6.07 Å². The monoisotopic (exact) mass is 391 g/mol. The molecule has 3 rings (SSSR count). The van der Waals surface area contributed by atoms with Gasteiger partial charge >= 0.3 is 0 Å². The van der Waals surface area contributed by atoms with Crippen molar-refractivity contribution in [2.24, 2.45) is 5.92 Å². The second kappa shape index (κ2) is 7.34. The summed E-state index contributed by atoms with van der Waals surface area (Å²) in [7, 11) is 0. The molecule has 0 fully saturated rings. The molecule has 1 aliphatic heterocycles. The highest BCUT2D eigenvalue weighted by atomic mass is 79.9. The summed E-state index contributed by atoms with van der Waals surface area (Å²) in [6.07, 6.45) is 0.659. The quantitative estimate of drug-likeness (QED) is 0.781. The minimum atomic E-state index is -0.297. The summed E-state index contributed by atoms with van der Waals surface area (Å²) in [4.78, 5) is 14.5. The molecule has 0 saturated carbocycles. The number of nitrogens with zero attached hydrogens (tertiary/aromatic N) is 1. The predicted octanol–water partition coefficient (Wildman–Crippen LogP) is 4.19. The van der Waals surface area contributed by atoms with Gasteiger partial charge in [-0.15, -0.1) is 0 Å². The first-order valence-electron chi connectivity index (χ1n) is 8.02. The summed E-state index contributed by atoms with van der Waals surface area (Å²) < 4.78 is 20.5. The van der Waals surface area contributed by atoms with Gasteiger partial charge in [0.25, 0.3) is 0 Å². The van der Waals surface area contributed by atoms with Gasteiger partial charge in [0.15, 0.2) is 0 Å². The first-order chi connectivity index (χ1) is 11.6. The molecule has 2 aromatic carbocycles. The highest BCUT2D eigenvalue weighted by molar-refractivity contribution is 9.10. The number of ether oxygens (including phenoxy) is 1. The Morgan fingerprint density at radius 1 is 1.33 bits per heavy atom. The molecule has 0 N–H and O–H groups in total. The van der Waals surface area contributed by atoms with Crippen LogP contribution in [0.15, 0.2) is 46.9 Å². The maximum Gasteiger partial charge on any atom is 0.229 e. The summed E-state index contributed by atoms with van der Waals surface area (Å²) in [5.41, 5.74) is 1.56. The molecule has 3 nitrogen and oxygen atoms in total. The van der Waals surface area contributed by atoms with Gasteiger partial charge in [0.05, 0.1) is 5.92 Å². The second-order valence-electron chi connectivity index (χ2n) is 5.91. The third-order valence-corrected chi connectivity index (χ3v) is 4.78. The van der Waals surface area contributed by atoms with Gasteiger partial charge in [-0.3, -0.25) is 4.79 Å². The fourth-order valence-corrected chi connectivity index (χ4v) is 3.37. The number of hydrogen-bond acceptors (Lipinski definition) is 2. The van der Waals surface area contributed by atoms with Crippen LogP contribution in [-0.4, -0.2) is 24.0 Å². The van der Waals surface area contributed by atoms with E-state index in [0.29, 0.717) is 25.1 Å². The van der Waals surface area contributed by atoms with E-state index in [4.69, 9.17) is 4.74 Å². The summed E-state index contributed by atoms with van der Waals surface area (Å²) in [6.45, 7) is 3.07. The molecular formula is C19H19BrFNO2. The number of hydrogen-bond donors (Lipinski definition) is 0. The van der Waals surface area contributed by atoms with Crippen molar-refractivity contribution in [3.63, 3.8) is 0 Å². The lowest BCUT2D eigenvalue weighted by atomic mass is 9.95. The number of rotatable bonds is 4. The van der Waals surface area contributed by atoms with Crippen molar-refractivity contribution in [3.05, 3.63) is 63.9 Å². The molecule has 5 heteroatoms. The maximum absolute atomic E-state index is 14.0. The molecule has 24 heavy (non-hydrogen) atoms. The number of carbonyl (C=O) groups excluding carboxylic acids is 1. The van der Waals surface area contributed by atoms with E-state index in [0.717, 1.165) is 15.8 Å². The van der Waals surface area contributed by atoms with Crippen LogP contribution in [0.25, 0.3) is 0 Å². The Kier molecular flexibility index (Phi) is 5.19. The van der Waals surface area contributed by atoms with E-state index < -0.39 is 0 Å². The van der Waals surface area contributed by atoms with Crippen LogP contribution in [-0.2, 0) is 17.8 Å². The summed E-state index contributed by atoms with van der Waals surface area (Å²) >= 11 is 3.35. The minimum Gasteiger partial charge on any atom is -0.492 e. The zero-order chi connectivity index (χ0) is 17.1. The van der Waals surface area contributed by atoms with Crippen molar-refractivity contribution >= 4 is 21.8 Å². The zero-order valence-electron chi connectivity index (χ0n) is 13.5. The van der Waals surface area contributed by atoms with E-state index in [9.17, 15) is 9.18 Å². The second-order valence-corrected chi connectivity index (χ2v) is 6.82. The Balaban J connectivity index is 1.74. The van der Waals surface area contributed by atoms with Gasteiger partial charge in [-0.2, -0.15) is 0 Å². The standard InChI is InChI=1S/C19H19BrFNO2/c1-2-22(11-14-10-16(20)7-8-17(14)21)19(23)15-9-13-5-3-4-6-18(13)24-12-15/h3-8,10,15H,2,9,11-12H2,1H3. The third-order valence-electron chi connectivity index (χ3n) is 4.29. The van der Waals surface area contributed by atoms with Gasteiger partial charge in [-0.1, -0.05) is 34.1 Å². The smallest absolute Gasteiger partial charge is 0.229 e. The molecule has 1 atom stereocenters. The predicted molar refractivity (Wildman–Crippen MR) is 94.3 cm³/mol. The van der Waals surface area contributed by atoms with Crippen LogP contribution < -0.4 is 4.74 Å². The Morgan fingerprint density at radius 2 is 2.12 bits per heavy atom. The van der Waals surface area contributed by atoms with Crippen LogP contribution in [0.2, 0.25) is 0 Å². The molecule has 0 radical (unpaired) electrons. The van der Waals surface area contributed by atoms with Gasteiger partial charge in [-0.05, 0) is 43.2 Å². The van der Waals surface area contributed by atoms with Crippen LogP contribution in [0.4, 0.5) is 4.39 Å². The lowest BCUT2D eigenvalue weighted by Crippen LogP contribution is -2.40. The Labute approximate surface area is 149 Å². The first kappa shape index (κ1) is 17.0. The van der Waals surface area contributed by atoms with Crippen LogP contribution in [0, 0.1) is 11.7 Å². The highest BCUT2D eigenvalue weighted by Crippen LogP contribution is 2.28. The molecule has 1 amide bonds. The Morgan fingerprint density at radius 3 is 2.92 bits per heavy atom. The number of amides is 1. The molecule has 126 valence electrons. The van der Waals surface area contributed by atoms with Crippen LogP contribution >= 0.6 is 15.9 Å². The van der Waals surface area contributed by atoms with E-state index in [1.54, 1.807) is 17.0 Å². The van der Waals surface area contributed by atoms with Crippen LogP contribution in [0.3, 0.4) is 0 Å². The van der Waals surface area contributed by atoms with Crippen molar-refractivity contribution in [3.8, 4) is 5.75 Å². The van der Waals surface area contributed by atoms with Crippen molar-refractivity contribution in [2.45, 2.75) is 19.9 Å². The lowest BCUT2D eigenvalue weighted by Gasteiger charge is -2.30. The molecule has 0 aromatic heterocycles. The van der Waals surface area contributed by atoms with Crippen LogP contribution in [0.5, 0.6) is 5.75 Å². The zero-order valence-corrected chi connectivity index (χ0v) is 15.1. The van der Waals surface area contributed by atoms with Crippen molar-refractivity contribution in [1.29, 1.82) is 0 Å². The number of para-hydroxylation sites is 1. The topological polar surface area (TPSA) is 29.5 Å². The fourth-order valence-electron chi connectivity index (χ4n) is 2.96. The number of fused-ring (bicyclic) bond motifs is 1. The molecule has 0 saturated heterocycles. The number of benzene rings is 2. The first-order valence-corrected chi connectivity index (χ1v) is 8.81. The molecule has 1 heterocycles. The average Bonchev–Trinajstić information content (AvgIpc) is 2.61. The molecule has 1 aliphatic rings. The molecule has 0 bridgehead atoms. The van der Waals surface area contributed by atoms with Crippen molar-refractivity contribution in [1.82, 2.24) is 4.90 Å². The van der Waals surface area contributed by atoms with Gasteiger partial charge in [-0.25, -0.2) is 4.39 Å². The molecule has 1 unspecified atom stereocenters. The van der Waals surface area contributed by atoms with E-state index in [1.807, 2.05) is 31.2 Å². The van der Waals surface area contributed by atoms with Crippen LogP contribution in [0.1, 0.15) is 18.1 Å². The average molecular weight is 392 g/mol. The molecule has 0 spiro atoms. The molecule has 0 aliphatic carbocycles. The van der Waals surface area contributed by atoms with Crippen molar-refractivity contribution < 1.29 is 13.9 Å². The number of halogens is 2. The largest absolute Gasteiger partial charge is 0.492 e. The third kappa shape index (κ3) is 3.61. The summed E-state index contributed by atoms with van der Waals surface area (Å²) in [5, 5.41) is 0. The number of carbonyl (C=O) groups is 1. The Bertz CT molecular complexity index is 750. The van der Waals surface area contributed by atoms with Gasteiger partial charge < -0.3 is 9.64 Å². The summed E-state index contributed by atoms with van der Waals surface area (Å²) in [6, 6.07) is 12.6. The minimum absolute atomic E-state index is 0.00591. The fraction of sp³-hybridized carbons (Fsp3) is 0.316.